The van der Waals surface area contributed by atoms with E-state index < -0.39 is 23.8 Å². The van der Waals surface area contributed by atoms with E-state index >= 15 is 0 Å². The number of rotatable bonds is 5. The summed E-state index contributed by atoms with van der Waals surface area (Å²) in [7, 11) is 1.46. The van der Waals surface area contributed by atoms with E-state index in [1.54, 1.807) is 12.1 Å². The summed E-state index contributed by atoms with van der Waals surface area (Å²) < 4.78 is 41.1. The van der Waals surface area contributed by atoms with E-state index in [9.17, 15) is 27.6 Å². The van der Waals surface area contributed by atoms with Crippen LogP contribution in [-0.4, -0.2) is 30.9 Å². The molecule has 0 aliphatic rings. The van der Waals surface area contributed by atoms with Gasteiger partial charge in [0.25, 0.3) is 5.78 Å². The van der Waals surface area contributed by atoms with Crippen LogP contribution in [0, 0.1) is 0 Å². The average molecular weight is 345 g/mol. The van der Waals surface area contributed by atoms with Gasteiger partial charge in [0.2, 0.25) is 0 Å². The highest BCUT2D eigenvalue weighted by Crippen LogP contribution is 2.17. The Morgan fingerprint density at radius 1 is 1.04 bits per heavy atom. The highest BCUT2D eigenvalue weighted by atomic mass is 19.4. The molecule has 0 saturated carbocycles. The molecule has 1 rings (SSSR count). The zero-order chi connectivity index (χ0) is 18.3. The van der Waals surface area contributed by atoms with E-state index in [4.69, 9.17) is 4.74 Å². The summed E-state index contributed by atoms with van der Waals surface area (Å²) in [4.78, 5) is 33.8. The third-order valence-corrected chi connectivity index (χ3v) is 2.55. The van der Waals surface area contributed by atoms with Crippen molar-refractivity contribution in [2.45, 2.75) is 13.1 Å². The highest BCUT2D eigenvalue weighted by Gasteiger charge is 2.36. The van der Waals surface area contributed by atoms with E-state index in [2.05, 4.69) is 5.32 Å². The molecule has 0 aliphatic heterocycles. The number of amides is 2. The predicted octanol–water partition coefficient (Wildman–Crippen LogP) is 1.29. The second-order valence-electron chi connectivity index (χ2n) is 4.45. The van der Waals surface area contributed by atoms with Crippen molar-refractivity contribution in [1.82, 2.24) is 10.9 Å². The molecule has 0 spiro atoms. The molecule has 7 nitrogen and oxygen atoms in total. The van der Waals surface area contributed by atoms with Crippen LogP contribution >= 0.6 is 0 Å². The minimum Gasteiger partial charge on any atom is -0.497 e. The average Bonchev–Trinajstić information content (AvgIpc) is 2.52. The Labute approximate surface area is 134 Å². The molecule has 0 fully saturated rings. The van der Waals surface area contributed by atoms with Crippen LogP contribution < -0.4 is 20.9 Å². The molecule has 1 aromatic carbocycles. The van der Waals surface area contributed by atoms with Crippen molar-refractivity contribution in [1.29, 1.82) is 0 Å². The molecular formula is C14H14F3N3O4. The Morgan fingerprint density at radius 3 is 2.12 bits per heavy atom. The minimum absolute atomic E-state index is 0.252. The number of allylic oxidation sites excluding steroid dienone is 2. The van der Waals surface area contributed by atoms with Crippen LogP contribution in [0.4, 0.5) is 18.9 Å². The molecule has 0 saturated heterocycles. The highest BCUT2D eigenvalue weighted by molar-refractivity contribution is 6.39. The second kappa shape index (κ2) is 7.99. The van der Waals surface area contributed by atoms with Gasteiger partial charge in [0.15, 0.2) is 0 Å². The topological polar surface area (TPSA) is 96.5 Å². The second-order valence-corrected chi connectivity index (χ2v) is 4.45. The van der Waals surface area contributed by atoms with Gasteiger partial charge < -0.3 is 15.5 Å². The molecule has 0 atom stereocenters. The largest absolute Gasteiger partial charge is 0.497 e. The fourth-order valence-electron chi connectivity index (χ4n) is 1.39. The molecule has 10 heteroatoms. The van der Waals surface area contributed by atoms with Gasteiger partial charge in [0.05, 0.1) is 7.11 Å². The first-order valence-corrected chi connectivity index (χ1v) is 6.44. The number of hydrogen-bond donors (Lipinski definition) is 3. The van der Waals surface area contributed by atoms with Crippen molar-refractivity contribution in [2.75, 3.05) is 12.4 Å². The molecule has 0 heterocycles. The minimum atomic E-state index is -5.02. The van der Waals surface area contributed by atoms with E-state index in [-0.39, 0.29) is 11.8 Å². The van der Waals surface area contributed by atoms with Crippen molar-refractivity contribution >= 4 is 23.3 Å². The van der Waals surface area contributed by atoms with Crippen molar-refractivity contribution in [2.24, 2.45) is 0 Å². The maximum absolute atomic E-state index is 12.1. The van der Waals surface area contributed by atoms with Crippen molar-refractivity contribution in [3.63, 3.8) is 0 Å². The number of anilines is 1. The molecule has 24 heavy (non-hydrogen) atoms. The monoisotopic (exact) mass is 345 g/mol. The summed E-state index contributed by atoms with van der Waals surface area (Å²) in [5, 5.41) is 2.27. The molecule has 0 radical (unpaired) electrons. The van der Waals surface area contributed by atoms with Crippen LogP contribution in [0.3, 0.4) is 0 Å². The number of methoxy groups -OCH3 is 1. The number of alkyl halides is 3. The van der Waals surface area contributed by atoms with Gasteiger partial charge in [-0.2, -0.15) is 13.2 Å². The normalized spacial score (nSPS) is 11.5. The summed E-state index contributed by atoms with van der Waals surface area (Å²) in [6, 6.07) is 6.10. The first kappa shape index (κ1) is 19.0. The Kier molecular flexibility index (Phi) is 6.33. The predicted molar refractivity (Wildman–Crippen MR) is 77.7 cm³/mol. The quantitative estimate of drug-likeness (QED) is 0.425. The van der Waals surface area contributed by atoms with Crippen molar-refractivity contribution < 1.29 is 32.3 Å². The van der Waals surface area contributed by atoms with Crippen LogP contribution in [0.15, 0.2) is 36.0 Å². The summed E-state index contributed by atoms with van der Waals surface area (Å²) >= 11 is 0. The van der Waals surface area contributed by atoms with Crippen molar-refractivity contribution in [3.8, 4) is 5.75 Å². The maximum atomic E-state index is 12.1. The smallest absolute Gasteiger partial charge is 0.454 e. The number of halogens is 3. The third kappa shape index (κ3) is 5.99. The lowest BCUT2D eigenvalue weighted by Crippen LogP contribution is -2.43. The molecule has 3 N–H and O–H groups in total. The third-order valence-electron chi connectivity index (χ3n) is 2.55. The van der Waals surface area contributed by atoms with Crippen molar-refractivity contribution in [3.05, 3.63) is 36.0 Å². The Hall–Kier alpha value is -3.04. The number of carbonyl (C=O) groups is 3. The number of hydrazine groups is 1. The number of ketones is 1. The van der Waals surface area contributed by atoms with Gasteiger partial charge in [-0.25, -0.2) is 0 Å². The van der Waals surface area contributed by atoms with Gasteiger partial charge >= 0.3 is 18.0 Å². The Balaban J connectivity index is 2.53. The van der Waals surface area contributed by atoms with E-state index in [0.717, 1.165) is 6.92 Å². The number of ether oxygens (including phenoxy) is 1. The summed E-state index contributed by atoms with van der Waals surface area (Å²) in [6.45, 7) is 1.12. The van der Waals surface area contributed by atoms with Gasteiger partial charge in [-0.05, 0) is 31.2 Å². The summed E-state index contributed by atoms with van der Waals surface area (Å²) in [5.41, 5.74) is 3.92. The van der Waals surface area contributed by atoms with E-state index in [1.165, 1.54) is 19.2 Å². The lowest BCUT2D eigenvalue weighted by Gasteiger charge is -2.10. The zero-order valence-corrected chi connectivity index (χ0v) is 12.7. The standard InChI is InChI=1S/C14H14F3N3O4/c1-8(7-11(21)14(15,16)17)19-20-13(23)12(22)18-9-3-5-10(24-2)6-4-9/h3-7,19H,1-2H3,(H,18,22)(H,20,23). The van der Waals surface area contributed by atoms with Crippen LogP contribution in [0.25, 0.3) is 0 Å². The first-order chi connectivity index (χ1) is 11.1. The lowest BCUT2D eigenvalue weighted by molar-refractivity contribution is -0.165. The van der Waals surface area contributed by atoms with E-state index in [0.29, 0.717) is 11.4 Å². The summed E-state index contributed by atoms with van der Waals surface area (Å²) in [6.07, 6.45) is -4.76. The fraction of sp³-hybridized carbons (Fsp3) is 0.214. The zero-order valence-electron chi connectivity index (χ0n) is 12.7. The van der Waals surface area contributed by atoms with Gasteiger partial charge in [0, 0.05) is 17.5 Å². The van der Waals surface area contributed by atoms with E-state index in [1.807, 2.05) is 10.9 Å². The molecular weight excluding hydrogens is 331 g/mol. The number of benzene rings is 1. The fourth-order valence-corrected chi connectivity index (χ4v) is 1.39. The Bertz CT molecular complexity index is 654. The van der Waals surface area contributed by atoms with Crippen LogP contribution in [0.2, 0.25) is 0 Å². The SMILES string of the molecule is COc1ccc(NC(=O)C(=O)NNC(C)=CC(=O)C(F)(F)F)cc1. The van der Waals surface area contributed by atoms with Crippen LogP contribution in [-0.2, 0) is 14.4 Å². The number of carbonyl (C=O) groups excluding carboxylic acids is 3. The molecule has 2 amide bonds. The molecule has 0 unspecified atom stereocenters. The van der Waals surface area contributed by atoms with Gasteiger partial charge in [0.1, 0.15) is 5.75 Å². The molecule has 0 bridgehead atoms. The Morgan fingerprint density at radius 2 is 1.62 bits per heavy atom. The molecule has 130 valence electrons. The number of nitrogens with one attached hydrogen (secondary N) is 3. The lowest BCUT2D eigenvalue weighted by atomic mass is 10.3. The van der Waals surface area contributed by atoms with Gasteiger partial charge in [-0.3, -0.25) is 19.8 Å². The molecule has 1 aromatic rings. The van der Waals surface area contributed by atoms with Crippen LogP contribution in [0.5, 0.6) is 5.75 Å². The summed E-state index contributed by atoms with van der Waals surface area (Å²) in [5.74, 6) is -3.75. The molecule has 0 aromatic heterocycles. The van der Waals surface area contributed by atoms with Gasteiger partial charge in [-0.15, -0.1) is 0 Å². The first-order valence-electron chi connectivity index (χ1n) is 6.44. The van der Waals surface area contributed by atoms with Crippen LogP contribution in [0.1, 0.15) is 6.92 Å². The number of hydrogen-bond acceptors (Lipinski definition) is 5. The van der Waals surface area contributed by atoms with Gasteiger partial charge in [-0.1, -0.05) is 0 Å². The maximum Gasteiger partial charge on any atom is 0.454 e. The molecule has 0 aliphatic carbocycles.